The van der Waals surface area contributed by atoms with Gasteiger partial charge < -0.3 is 9.84 Å². The van der Waals surface area contributed by atoms with E-state index in [1.807, 2.05) is 0 Å². The van der Waals surface area contributed by atoms with Gasteiger partial charge in [0.1, 0.15) is 5.60 Å². The number of esters is 1. The van der Waals surface area contributed by atoms with Crippen LogP contribution in [0.3, 0.4) is 0 Å². The summed E-state index contributed by atoms with van der Waals surface area (Å²) in [5, 5.41) is 8.62. The minimum Gasteiger partial charge on any atom is -0.478 e. The highest BCUT2D eigenvalue weighted by atomic mass is 16.6. The molecule has 0 aliphatic heterocycles. The third-order valence-corrected chi connectivity index (χ3v) is 5.13. The summed E-state index contributed by atoms with van der Waals surface area (Å²) in [5.74, 6) is -0.408. The van der Waals surface area contributed by atoms with Crippen LogP contribution < -0.4 is 0 Å². The number of aliphatic carboxylic acids is 1. The van der Waals surface area contributed by atoms with E-state index in [4.69, 9.17) is 9.84 Å². The second kappa shape index (κ2) is 7.10. The Morgan fingerprint density at radius 3 is 2.24 bits per heavy atom. The van der Waals surface area contributed by atoms with Crippen LogP contribution >= 0.6 is 0 Å². The van der Waals surface area contributed by atoms with Crippen molar-refractivity contribution in [3.8, 4) is 0 Å². The van der Waals surface area contributed by atoms with Gasteiger partial charge in [0.15, 0.2) is 0 Å². The number of carbonyl (C=O) groups excluding carboxylic acids is 1. The molecule has 4 heteroatoms. The Balaban J connectivity index is 2.06. The van der Waals surface area contributed by atoms with Gasteiger partial charge in [0, 0.05) is 12.2 Å². The smallest absolute Gasteiger partial charge is 0.331 e. The maximum atomic E-state index is 12.0. The average molecular weight is 294 g/mol. The highest BCUT2D eigenvalue weighted by molar-refractivity contribution is 5.90. The Morgan fingerprint density at radius 2 is 1.67 bits per heavy atom. The first-order valence-corrected chi connectivity index (χ1v) is 8.16. The SMILES string of the molecule is CC1CCC(C2(OC(=O)/C=C/C(=O)O)CCCCC2)CC1. The van der Waals surface area contributed by atoms with E-state index in [9.17, 15) is 9.59 Å². The van der Waals surface area contributed by atoms with E-state index in [0.717, 1.165) is 56.6 Å². The van der Waals surface area contributed by atoms with Gasteiger partial charge in [-0.25, -0.2) is 9.59 Å². The number of rotatable bonds is 4. The van der Waals surface area contributed by atoms with Crippen molar-refractivity contribution in [2.45, 2.75) is 70.3 Å². The molecule has 0 spiro atoms. The molecule has 0 atom stereocenters. The Kier molecular flexibility index (Phi) is 5.43. The Bertz CT molecular complexity index is 399. The van der Waals surface area contributed by atoms with Crippen molar-refractivity contribution in [2.24, 2.45) is 11.8 Å². The average Bonchev–Trinajstić information content (AvgIpc) is 2.47. The molecule has 21 heavy (non-hydrogen) atoms. The number of hydrogen-bond donors (Lipinski definition) is 1. The molecule has 2 fully saturated rings. The van der Waals surface area contributed by atoms with Crippen molar-refractivity contribution < 1.29 is 19.4 Å². The highest BCUT2D eigenvalue weighted by Crippen LogP contribution is 2.45. The lowest BCUT2D eigenvalue weighted by molar-refractivity contribution is -0.167. The molecule has 118 valence electrons. The summed E-state index contributed by atoms with van der Waals surface area (Å²) in [6, 6.07) is 0. The van der Waals surface area contributed by atoms with Gasteiger partial charge in [0.05, 0.1) is 0 Å². The fourth-order valence-electron chi connectivity index (χ4n) is 3.90. The van der Waals surface area contributed by atoms with Crippen LogP contribution in [-0.2, 0) is 14.3 Å². The van der Waals surface area contributed by atoms with Crippen LogP contribution in [0.2, 0.25) is 0 Å². The maximum absolute atomic E-state index is 12.0. The maximum Gasteiger partial charge on any atom is 0.331 e. The van der Waals surface area contributed by atoms with Gasteiger partial charge in [-0.1, -0.05) is 26.2 Å². The molecule has 0 bridgehead atoms. The largest absolute Gasteiger partial charge is 0.478 e. The topological polar surface area (TPSA) is 63.6 Å². The minimum absolute atomic E-state index is 0.349. The second-order valence-electron chi connectivity index (χ2n) is 6.67. The first-order chi connectivity index (χ1) is 10.0. The number of carboxylic acids is 1. The summed E-state index contributed by atoms with van der Waals surface area (Å²) < 4.78 is 5.82. The summed E-state index contributed by atoms with van der Waals surface area (Å²) >= 11 is 0. The summed E-state index contributed by atoms with van der Waals surface area (Å²) in [5.41, 5.74) is -0.349. The molecule has 1 N–H and O–H groups in total. The first-order valence-electron chi connectivity index (χ1n) is 8.16. The predicted octanol–water partition coefficient (Wildman–Crippen LogP) is 3.70. The van der Waals surface area contributed by atoms with Crippen LogP contribution in [-0.4, -0.2) is 22.6 Å². The molecule has 0 amide bonds. The predicted molar refractivity (Wildman–Crippen MR) is 79.8 cm³/mol. The molecule has 0 radical (unpaired) electrons. The lowest BCUT2D eigenvalue weighted by Gasteiger charge is -2.45. The number of carbonyl (C=O) groups is 2. The molecule has 2 rings (SSSR count). The first kappa shape index (κ1) is 16.1. The summed E-state index contributed by atoms with van der Waals surface area (Å²) in [7, 11) is 0. The van der Waals surface area contributed by atoms with E-state index in [0.29, 0.717) is 5.92 Å². The Labute approximate surface area is 126 Å². The molecule has 4 nitrogen and oxygen atoms in total. The molecule has 0 aromatic carbocycles. The standard InChI is InChI=1S/C17H26O4/c1-13-5-7-14(8-6-13)17(11-3-2-4-12-17)21-16(20)10-9-15(18)19/h9-10,13-14H,2-8,11-12H2,1H3,(H,18,19)/b10-9+. The van der Waals surface area contributed by atoms with Crippen LogP contribution in [0.4, 0.5) is 0 Å². The zero-order chi connectivity index (χ0) is 15.3. The number of hydrogen-bond acceptors (Lipinski definition) is 3. The molecule has 2 saturated carbocycles. The summed E-state index contributed by atoms with van der Waals surface area (Å²) in [6.07, 6.45) is 11.8. The van der Waals surface area contributed by atoms with Gasteiger partial charge in [-0.05, 0) is 50.4 Å². The van der Waals surface area contributed by atoms with E-state index in [1.54, 1.807) is 0 Å². The van der Waals surface area contributed by atoms with Crippen molar-refractivity contribution in [3.05, 3.63) is 12.2 Å². The van der Waals surface area contributed by atoms with Gasteiger partial charge in [0.2, 0.25) is 0 Å². The van der Waals surface area contributed by atoms with Gasteiger partial charge in [-0.15, -0.1) is 0 Å². The molecule has 2 aliphatic carbocycles. The summed E-state index contributed by atoms with van der Waals surface area (Å²) in [6.45, 7) is 2.28. The third-order valence-electron chi connectivity index (χ3n) is 5.13. The van der Waals surface area contributed by atoms with Gasteiger partial charge >= 0.3 is 11.9 Å². The summed E-state index contributed by atoms with van der Waals surface area (Å²) in [4.78, 5) is 22.5. The van der Waals surface area contributed by atoms with E-state index in [2.05, 4.69) is 6.92 Å². The van der Waals surface area contributed by atoms with Crippen molar-refractivity contribution in [3.63, 3.8) is 0 Å². The lowest BCUT2D eigenvalue weighted by Crippen LogP contribution is -2.45. The Hall–Kier alpha value is -1.32. The molecule has 0 heterocycles. The lowest BCUT2D eigenvalue weighted by atomic mass is 9.68. The number of ether oxygens (including phenoxy) is 1. The molecule has 0 unspecified atom stereocenters. The van der Waals surface area contributed by atoms with E-state index >= 15 is 0 Å². The van der Waals surface area contributed by atoms with Crippen molar-refractivity contribution in [2.75, 3.05) is 0 Å². The molecule has 0 saturated heterocycles. The van der Waals surface area contributed by atoms with Crippen molar-refractivity contribution in [1.29, 1.82) is 0 Å². The van der Waals surface area contributed by atoms with Crippen LogP contribution in [0.15, 0.2) is 12.2 Å². The molecule has 2 aliphatic rings. The van der Waals surface area contributed by atoms with E-state index < -0.39 is 11.9 Å². The van der Waals surface area contributed by atoms with Gasteiger partial charge in [-0.2, -0.15) is 0 Å². The van der Waals surface area contributed by atoms with Gasteiger partial charge in [-0.3, -0.25) is 0 Å². The van der Waals surface area contributed by atoms with Crippen LogP contribution in [0.25, 0.3) is 0 Å². The Morgan fingerprint density at radius 1 is 1.05 bits per heavy atom. The van der Waals surface area contributed by atoms with E-state index in [1.165, 1.54) is 19.3 Å². The molecule has 0 aromatic heterocycles. The fraction of sp³-hybridized carbons (Fsp3) is 0.765. The fourth-order valence-corrected chi connectivity index (χ4v) is 3.90. The number of carboxylic acid groups (broad SMARTS) is 1. The highest BCUT2D eigenvalue weighted by Gasteiger charge is 2.43. The molecular weight excluding hydrogens is 268 g/mol. The third kappa shape index (κ3) is 4.32. The minimum atomic E-state index is -1.11. The quantitative estimate of drug-likeness (QED) is 0.634. The van der Waals surface area contributed by atoms with Crippen LogP contribution in [0.5, 0.6) is 0 Å². The van der Waals surface area contributed by atoms with E-state index in [-0.39, 0.29) is 5.60 Å². The van der Waals surface area contributed by atoms with Crippen LogP contribution in [0.1, 0.15) is 64.7 Å². The second-order valence-corrected chi connectivity index (χ2v) is 6.67. The van der Waals surface area contributed by atoms with Gasteiger partial charge in [0.25, 0.3) is 0 Å². The van der Waals surface area contributed by atoms with Crippen molar-refractivity contribution >= 4 is 11.9 Å². The van der Waals surface area contributed by atoms with Crippen LogP contribution in [0, 0.1) is 11.8 Å². The zero-order valence-corrected chi connectivity index (χ0v) is 12.8. The monoisotopic (exact) mass is 294 g/mol. The zero-order valence-electron chi connectivity index (χ0n) is 12.8. The molecular formula is C17H26O4. The molecule has 0 aromatic rings. The normalized spacial score (nSPS) is 29.2. The van der Waals surface area contributed by atoms with Crippen molar-refractivity contribution in [1.82, 2.24) is 0 Å².